The summed E-state index contributed by atoms with van der Waals surface area (Å²) in [6.07, 6.45) is 3.72. The number of amidine groups is 1. The van der Waals surface area contributed by atoms with Crippen molar-refractivity contribution in [3.63, 3.8) is 0 Å². The second-order valence-corrected chi connectivity index (χ2v) is 4.47. The van der Waals surface area contributed by atoms with Gasteiger partial charge in [0.2, 0.25) is 0 Å². The summed E-state index contributed by atoms with van der Waals surface area (Å²) in [5.74, 6) is 0.264. The molecule has 0 aliphatic rings. The van der Waals surface area contributed by atoms with E-state index in [-0.39, 0.29) is 11.6 Å². The van der Waals surface area contributed by atoms with Crippen LogP contribution in [0.5, 0.6) is 5.75 Å². The van der Waals surface area contributed by atoms with Gasteiger partial charge in [-0.05, 0) is 17.2 Å². The molecular weight excluding hydrogens is 250 g/mol. The summed E-state index contributed by atoms with van der Waals surface area (Å²) in [6.45, 7) is 0.407. The molecule has 0 aromatic heterocycles. The van der Waals surface area contributed by atoms with Crippen LogP contribution in [-0.2, 0) is 6.54 Å². The number of hydrogen-bond acceptors (Lipinski definition) is 3. The van der Waals surface area contributed by atoms with Gasteiger partial charge >= 0.3 is 0 Å². The van der Waals surface area contributed by atoms with E-state index in [1.54, 1.807) is 18.2 Å². The largest absolute Gasteiger partial charge is 0.507 e. The summed E-state index contributed by atoms with van der Waals surface area (Å²) in [4.78, 5) is 0. The van der Waals surface area contributed by atoms with Crippen LogP contribution in [0.3, 0.4) is 0 Å². The average molecular weight is 267 g/mol. The fraction of sp³-hybridized carbons (Fsp3) is 0.0625. The van der Waals surface area contributed by atoms with Crippen molar-refractivity contribution in [3.05, 3.63) is 64.7 Å². The van der Waals surface area contributed by atoms with Gasteiger partial charge in [0.05, 0.1) is 0 Å². The van der Waals surface area contributed by atoms with Gasteiger partial charge in [0, 0.05) is 17.7 Å². The molecule has 2 aromatic rings. The highest BCUT2D eigenvalue weighted by atomic mass is 16.3. The Bertz CT molecular complexity index is 645. The molecule has 0 aliphatic carbocycles. The molecule has 0 heterocycles. The molecule has 20 heavy (non-hydrogen) atoms. The maximum atomic E-state index is 9.87. The Balaban J connectivity index is 2.18. The molecule has 0 unspecified atom stereocenters. The van der Waals surface area contributed by atoms with E-state index < -0.39 is 0 Å². The first-order chi connectivity index (χ1) is 9.60. The number of benzene rings is 2. The lowest BCUT2D eigenvalue weighted by atomic mass is 10.1. The second kappa shape index (κ2) is 6.04. The lowest BCUT2D eigenvalue weighted by Crippen LogP contribution is -2.10. The third-order valence-electron chi connectivity index (χ3n) is 3.01. The number of phenolic OH excluding ortho intramolecular Hbond substituents is 1. The highest BCUT2D eigenvalue weighted by Crippen LogP contribution is 2.21. The molecule has 102 valence electrons. The molecule has 0 atom stereocenters. The number of rotatable bonds is 4. The molecule has 6 N–H and O–H groups in total. The average Bonchev–Trinajstić information content (AvgIpc) is 2.46. The van der Waals surface area contributed by atoms with Crippen LogP contribution in [0.15, 0.2) is 42.5 Å². The molecule has 0 bridgehead atoms. The van der Waals surface area contributed by atoms with Crippen molar-refractivity contribution >= 4 is 18.0 Å². The van der Waals surface area contributed by atoms with Crippen LogP contribution >= 0.6 is 0 Å². The van der Waals surface area contributed by atoms with Gasteiger partial charge in [-0.15, -0.1) is 0 Å². The van der Waals surface area contributed by atoms with Crippen molar-refractivity contribution in [1.82, 2.24) is 0 Å². The van der Waals surface area contributed by atoms with Crippen molar-refractivity contribution in [2.75, 3.05) is 0 Å². The standard InChI is InChI=1S/C16H17N3O/c17-10-12-4-6-13(15(20)9-12)5-1-11-2-7-14(8-3-11)16(18)19/h1-9,20H,10,17H2,(H3,18,19)/b5-1+. The summed E-state index contributed by atoms with van der Waals surface area (Å²) in [6, 6.07) is 12.7. The zero-order valence-corrected chi connectivity index (χ0v) is 11.0. The summed E-state index contributed by atoms with van der Waals surface area (Å²) < 4.78 is 0. The molecule has 0 radical (unpaired) electrons. The van der Waals surface area contributed by atoms with E-state index in [0.29, 0.717) is 12.1 Å². The van der Waals surface area contributed by atoms with E-state index in [1.807, 2.05) is 36.4 Å². The Morgan fingerprint density at radius 1 is 1.10 bits per heavy atom. The third-order valence-corrected chi connectivity index (χ3v) is 3.01. The zero-order chi connectivity index (χ0) is 14.5. The molecule has 2 rings (SSSR count). The Kier molecular flexibility index (Phi) is 4.17. The highest BCUT2D eigenvalue weighted by molar-refractivity contribution is 5.95. The van der Waals surface area contributed by atoms with Crippen LogP contribution in [0.4, 0.5) is 0 Å². The van der Waals surface area contributed by atoms with Gasteiger partial charge < -0.3 is 16.6 Å². The first-order valence-corrected chi connectivity index (χ1v) is 6.24. The monoisotopic (exact) mass is 267 g/mol. The van der Waals surface area contributed by atoms with E-state index in [1.165, 1.54) is 0 Å². The van der Waals surface area contributed by atoms with Gasteiger partial charge in [-0.2, -0.15) is 0 Å². The molecular formula is C16H17N3O. The van der Waals surface area contributed by atoms with Crippen molar-refractivity contribution in [1.29, 1.82) is 5.41 Å². The molecule has 4 heteroatoms. The van der Waals surface area contributed by atoms with Gasteiger partial charge in [-0.3, -0.25) is 5.41 Å². The lowest BCUT2D eigenvalue weighted by molar-refractivity contribution is 0.473. The first-order valence-electron chi connectivity index (χ1n) is 6.24. The van der Waals surface area contributed by atoms with E-state index >= 15 is 0 Å². The second-order valence-electron chi connectivity index (χ2n) is 4.47. The van der Waals surface area contributed by atoms with Gasteiger partial charge in [-0.1, -0.05) is 48.6 Å². The number of hydrogen-bond donors (Lipinski definition) is 4. The van der Waals surface area contributed by atoms with E-state index in [2.05, 4.69) is 0 Å². The van der Waals surface area contributed by atoms with Crippen LogP contribution in [0.2, 0.25) is 0 Å². The van der Waals surface area contributed by atoms with Gasteiger partial charge in [0.15, 0.2) is 0 Å². The summed E-state index contributed by atoms with van der Waals surface area (Å²) >= 11 is 0. The summed E-state index contributed by atoms with van der Waals surface area (Å²) in [7, 11) is 0. The molecule has 0 amide bonds. The molecule has 0 fully saturated rings. The minimum absolute atomic E-state index is 0.0514. The van der Waals surface area contributed by atoms with E-state index in [0.717, 1.165) is 16.7 Å². The maximum absolute atomic E-state index is 9.87. The van der Waals surface area contributed by atoms with Crippen LogP contribution < -0.4 is 11.5 Å². The Morgan fingerprint density at radius 2 is 1.80 bits per heavy atom. The van der Waals surface area contributed by atoms with E-state index in [4.69, 9.17) is 16.9 Å². The number of phenols is 1. The molecule has 0 aliphatic heterocycles. The van der Waals surface area contributed by atoms with Crippen LogP contribution in [0.25, 0.3) is 12.2 Å². The number of nitrogens with one attached hydrogen (secondary N) is 1. The predicted molar refractivity (Wildman–Crippen MR) is 82.4 cm³/mol. The molecule has 0 saturated carbocycles. The van der Waals surface area contributed by atoms with E-state index in [9.17, 15) is 5.11 Å². The van der Waals surface area contributed by atoms with Crippen LogP contribution in [0, 0.1) is 5.41 Å². The smallest absolute Gasteiger partial charge is 0.123 e. The Hall–Kier alpha value is -2.59. The number of nitrogens with two attached hydrogens (primary N) is 2. The molecule has 0 saturated heterocycles. The van der Waals surface area contributed by atoms with Gasteiger partial charge in [0.1, 0.15) is 11.6 Å². The topological polar surface area (TPSA) is 96.1 Å². The highest BCUT2D eigenvalue weighted by Gasteiger charge is 1.99. The first kappa shape index (κ1) is 13.8. The van der Waals surface area contributed by atoms with Gasteiger partial charge in [0.25, 0.3) is 0 Å². The van der Waals surface area contributed by atoms with Crippen molar-refractivity contribution in [2.24, 2.45) is 11.5 Å². The minimum atomic E-state index is 0.0514. The fourth-order valence-corrected chi connectivity index (χ4v) is 1.82. The molecule has 4 nitrogen and oxygen atoms in total. The predicted octanol–water partition coefficient (Wildman–Crippen LogP) is 2.31. The maximum Gasteiger partial charge on any atom is 0.123 e. The van der Waals surface area contributed by atoms with Crippen LogP contribution in [0.1, 0.15) is 22.3 Å². The fourth-order valence-electron chi connectivity index (χ4n) is 1.82. The SMILES string of the molecule is N=C(N)c1ccc(/C=C/c2ccc(CN)cc2O)cc1. The molecule has 2 aromatic carbocycles. The lowest BCUT2D eigenvalue weighted by Gasteiger charge is -2.02. The number of nitrogen functional groups attached to an aromatic ring is 1. The van der Waals surface area contributed by atoms with Gasteiger partial charge in [-0.25, -0.2) is 0 Å². The van der Waals surface area contributed by atoms with Crippen LogP contribution in [-0.4, -0.2) is 10.9 Å². The minimum Gasteiger partial charge on any atom is -0.507 e. The third kappa shape index (κ3) is 3.24. The summed E-state index contributed by atoms with van der Waals surface area (Å²) in [5, 5.41) is 17.2. The van der Waals surface area contributed by atoms with Crippen molar-refractivity contribution in [3.8, 4) is 5.75 Å². The number of aromatic hydroxyl groups is 1. The Labute approximate surface area is 117 Å². The quantitative estimate of drug-likeness (QED) is 0.389. The zero-order valence-electron chi connectivity index (χ0n) is 11.0. The Morgan fingerprint density at radius 3 is 2.35 bits per heavy atom. The normalized spacial score (nSPS) is 10.8. The van der Waals surface area contributed by atoms with Crippen molar-refractivity contribution < 1.29 is 5.11 Å². The molecule has 0 spiro atoms. The van der Waals surface area contributed by atoms with Crippen molar-refractivity contribution in [2.45, 2.75) is 6.54 Å². The summed E-state index contributed by atoms with van der Waals surface area (Å²) in [5.41, 5.74) is 14.2.